The molecule has 0 spiro atoms. The van der Waals surface area contributed by atoms with Gasteiger partial charge in [-0.2, -0.15) is 0 Å². The summed E-state index contributed by atoms with van der Waals surface area (Å²) in [7, 11) is 0. The van der Waals surface area contributed by atoms with Crippen LogP contribution in [0.2, 0.25) is 0 Å². The van der Waals surface area contributed by atoms with Gasteiger partial charge in [-0.05, 0) is 25.5 Å². The molecule has 0 fully saturated rings. The van der Waals surface area contributed by atoms with Gasteiger partial charge in [0.2, 0.25) is 0 Å². The van der Waals surface area contributed by atoms with Crippen LogP contribution in [-0.2, 0) is 4.74 Å². The average Bonchev–Trinajstić information content (AvgIpc) is 2.35. The number of hydrogen-bond donors (Lipinski definition) is 2. The molecule has 1 rings (SSSR count). The van der Waals surface area contributed by atoms with Crippen molar-refractivity contribution in [3.63, 3.8) is 0 Å². The lowest BCUT2D eigenvalue weighted by molar-refractivity contribution is 0.142. The summed E-state index contributed by atoms with van der Waals surface area (Å²) in [6, 6.07) is 10.0. The zero-order chi connectivity index (χ0) is 11.6. The standard InChI is InChI=1S/C13H21NO2/c1-2-16-10-6-9-14-13(11-15)12-7-4-3-5-8-12/h3-5,7-8,13-15H,2,6,9-11H2,1H3. The van der Waals surface area contributed by atoms with E-state index in [0.29, 0.717) is 0 Å². The molecular formula is C13H21NO2. The number of rotatable bonds is 8. The smallest absolute Gasteiger partial charge is 0.0626 e. The van der Waals surface area contributed by atoms with E-state index in [2.05, 4.69) is 5.32 Å². The second-order valence-corrected chi connectivity index (χ2v) is 3.65. The number of aliphatic hydroxyl groups is 1. The van der Waals surface area contributed by atoms with Crippen LogP contribution in [-0.4, -0.2) is 31.5 Å². The van der Waals surface area contributed by atoms with Crippen molar-refractivity contribution >= 4 is 0 Å². The quantitative estimate of drug-likeness (QED) is 0.660. The van der Waals surface area contributed by atoms with Gasteiger partial charge in [-0.25, -0.2) is 0 Å². The van der Waals surface area contributed by atoms with Crippen LogP contribution in [0.4, 0.5) is 0 Å². The average molecular weight is 223 g/mol. The molecule has 2 N–H and O–H groups in total. The molecular weight excluding hydrogens is 202 g/mol. The molecule has 1 unspecified atom stereocenters. The maximum absolute atomic E-state index is 9.29. The molecule has 0 heterocycles. The molecule has 0 amide bonds. The summed E-state index contributed by atoms with van der Waals surface area (Å²) < 4.78 is 5.25. The van der Waals surface area contributed by atoms with Crippen molar-refractivity contribution in [1.29, 1.82) is 0 Å². The van der Waals surface area contributed by atoms with Crippen LogP contribution in [0.15, 0.2) is 30.3 Å². The maximum Gasteiger partial charge on any atom is 0.0626 e. The monoisotopic (exact) mass is 223 g/mol. The van der Waals surface area contributed by atoms with Gasteiger partial charge in [-0.15, -0.1) is 0 Å². The van der Waals surface area contributed by atoms with E-state index in [0.717, 1.165) is 31.7 Å². The summed E-state index contributed by atoms with van der Waals surface area (Å²) in [5.74, 6) is 0. The fourth-order valence-electron chi connectivity index (χ4n) is 1.57. The van der Waals surface area contributed by atoms with Crippen LogP contribution in [0.1, 0.15) is 24.9 Å². The van der Waals surface area contributed by atoms with E-state index >= 15 is 0 Å². The lowest BCUT2D eigenvalue weighted by atomic mass is 10.1. The van der Waals surface area contributed by atoms with Gasteiger partial charge in [0.05, 0.1) is 12.6 Å². The molecule has 0 aliphatic carbocycles. The predicted molar refractivity (Wildman–Crippen MR) is 65.4 cm³/mol. The summed E-state index contributed by atoms with van der Waals surface area (Å²) in [5.41, 5.74) is 1.13. The Morgan fingerprint density at radius 1 is 1.31 bits per heavy atom. The largest absolute Gasteiger partial charge is 0.394 e. The topological polar surface area (TPSA) is 41.5 Å². The van der Waals surface area contributed by atoms with Gasteiger partial charge < -0.3 is 15.2 Å². The van der Waals surface area contributed by atoms with Crippen LogP contribution in [0.3, 0.4) is 0 Å². The fraction of sp³-hybridized carbons (Fsp3) is 0.538. The van der Waals surface area contributed by atoms with Crippen molar-refractivity contribution in [3.8, 4) is 0 Å². The lowest BCUT2D eigenvalue weighted by Crippen LogP contribution is -2.26. The van der Waals surface area contributed by atoms with E-state index in [4.69, 9.17) is 4.74 Å². The second-order valence-electron chi connectivity index (χ2n) is 3.65. The van der Waals surface area contributed by atoms with Crippen molar-refractivity contribution in [2.24, 2.45) is 0 Å². The van der Waals surface area contributed by atoms with E-state index < -0.39 is 0 Å². The first-order valence-electron chi connectivity index (χ1n) is 5.85. The molecule has 3 nitrogen and oxygen atoms in total. The first-order chi connectivity index (χ1) is 7.88. The highest BCUT2D eigenvalue weighted by Gasteiger charge is 2.07. The van der Waals surface area contributed by atoms with Crippen LogP contribution >= 0.6 is 0 Å². The fourth-order valence-corrected chi connectivity index (χ4v) is 1.57. The van der Waals surface area contributed by atoms with Crippen molar-refractivity contribution in [1.82, 2.24) is 5.32 Å². The number of aliphatic hydroxyl groups excluding tert-OH is 1. The van der Waals surface area contributed by atoms with Crippen molar-refractivity contribution in [2.75, 3.05) is 26.4 Å². The third-order valence-electron chi connectivity index (χ3n) is 2.44. The Morgan fingerprint density at radius 3 is 2.69 bits per heavy atom. The molecule has 0 saturated heterocycles. The SMILES string of the molecule is CCOCCCNC(CO)c1ccccc1. The van der Waals surface area contributed by atoms with E-state index in [1.165, 1.54) is 0 Å². The highest BCUT2D eigenvalue weighted by atomic mass is 16.5. The minimum atomic E-state index is 0.0304. The molecule has 16 heavy (non-hydrogen) atoms. The molecule has 0 aliphatic rings. The van der Waals surface area contributed by atoms with Crippen LogP contribution in [0.5, 0.6) is 0 Å². The Kier molecular flexibility index (Phi) is 6.81. The summed E-state index contributed by atoms with van der Waals surface area (Å²) in [6.07, 6.45) is 0.969. The molecule has 0 saturated carbocycles. The minimum absolute atomic E-state index is 0.0304. The molecule has 1 aromatic rings. The Hall–Kier alpha value is -0.900. The first-order valence-corrected chi connectivity index (χ1v) is 5.85. The third kappa shape index (κ3) is 4.75. The van der Waals surface area contributed by atoms with Gasteiger partial charge in [0.15, 0.2) is 0 Å². The van der Waals surface area contributed by atoms with Gasteiger partial charge in [-0.3, -0.25) is 0 Å². The van der Waals surface area contributed by atoms with Crippen molar-refractivity contribution < 1.29 is 9.84 Å². The van der Waals surface area contributed by atoms with Gasteiger partial charge in [0, 0.05) is 13.2 Å². The molecule has 1 aromatic carbocycles. The molecule has 90 valence electrons. The Labute approximate surface area is 97.4 Å². The number of ether oxygens (including phenoxy) is 1. The second kappa shape index (κ2) is 8.28. The summed E-state index contributed by atoms with van der Waals surface area (Å²) in [4.78, 5) is 0. The molecule has 3 heteroatoms. The van der Waals surface area contributed by atoms with Gasteiger partial charge >= 0.3 is 0 Å². The van der Waals surface area contributed by atoms with E-state index in [9.17, 15) is 5.11 Å². The molecule has 0 aliphatic heterocycles. The van der Waals surface area contributed by atoms with E-state index in [1.807, 2.05) is 37.3 Å². The third-order valence-corrected chi connectivity index (χ3v) is 2.44. The normalized spacial score (nSPS) is 12.6. The van der Waals surface area contributed by atoms with Crippen molar-refractivity contribution in [2.45, 2.75) is 19.4 Å². The lowest BCUT2D eigenvalue weighted by Gasteiger charge is -2.16. The predicted octanol–water partition coefficient (Wildman–Crippen LogP) is 1.74. The Bertz CT molecular complexity index is 264. The molecule has 0 radical (unpaired) electrons. The molecule has 0 bridgehead atoms. The number of hydrogen-bond acceptors (Lipinski definition) is 3. The molecule has 1 atom stereocenters. The van der Waals surface area contributed by atoms with E-state index in [1.54, 1.807) is 0 Å². The Morgan fingerprint density at radius 2 is 2.06 bits per heavy atom. The zero-order valence-corrected chi connectivity index (χ0v) is 9.86. The summed E-state index contributed by atoms with van der Waals surface area (Å²) in [6.45, 7) is 4.52. The minimum Gasteiger partial charge on any atom is -0.394 e. The van der Waals surface area contributed by atoms with Gasteiger partial charge in [0.1, 0.15) is 0 Å². The van der Waals surface area contributed by atoms with E-state index in [-0.39, 0.29) is 12.6 Å². The maximum atomic E-state index is 9.29. The van der Waals surface area contributed by atoms with Crippen LogP contribution < -0.4 is 5.32 Å². The zero-order valence-electron chi connectivity index (χ0n) is 9.86. The first kappa shape index (κ1) is 13.2. The number of benzene rings is 1. The summed E-state index contributed by atoms with van der Waals surface area (Å²) >= 11 is 0. The van der Waals surface area contributed by atoms with Crippen molar-refractivity contribution in [3.05, 3.63) is 35.9 Å². The van der Waals surface area contributed by atoms with Gasteiger partial charge in [0.25, 0.3) is 0 Å². The van der Waals surface area contributed by atoms with Crippen LogP contribution in [0, 0.1) is 0 Å². The summed E-state index contributed by atoms with van der Waals surface area (Å²) in [5, 5.41) is 12.6. The van der Waals surface area contributed by atoms with Gasteiger partial charge in [-0.1, -0.05) is 30.3 Å². The highest BCUT2D eigenvalue weighted by molar-refractivity contribution is 5.18. The highest BCUT2D eigenvalue weighted by Crippen LogP contribution is 2.10. The Balaban J connectivity index is 2.27. The molecule has 0 aromatic heterocycles. The van der Waals surface area contributed by atoms with Crippen LogP contribution in [0.25, 0.3) is 0 Å². The number of nitrogens with one attached hydrogen (secondary N) is 1.